The van der Waals surface area contributed by atoms with Gasteiger partial charge in [0.15, 0.2) is 0 Å². The molecule has 0 bridgehead atoms. The van der Waals surface area contributed by atoms with E-state index < -0.39 is 0 Å². The van der Waals surface area contributed by atoms with E-state index in [4.69, 9.17) is 0 Å². The zero-order valence-electron chi connectivity index (χ0n) is 9.95. The molecule has 0 aromatic carbocycles. The molecule has 0 amide bonds. The van der Waals surface area contributed by atoms with E-state index in [9.17, 15) is 0 Å². The summed E-state index contributed by atoms with van der Waals surface area (Å²) in [6.45, 7) is 14.0. The van der Waals surface area contributed by atoms with Crippen LogP contribution in [0.15, 0.2) is 38.3 Å². The Hall–Kier alpha value is -1.38. The molecule has 0 aliphatic heterocycles. The van der Waals surface area contributed by atoms with Gasteiger partial charge < -0.3 is 15.1 Å². The van der Waals surface area contributed by atoms with Gasteiger partial charge in [-0.05, 0) is 18.6 Å². The second-order valence-electron chi connectivity index (χ2n) is 3.72. The Kier molecular flexibility index (Phi) is 7.24. The van der Waals surface area contributed by atoms with Crippen molar-refractivity contribution in [2.24, 2.45) is 5.92 Å². The minimum atomic E-state index is 0.522. The molecule has 0 unspecified atom stereocenters. The zero-order valence-corrected chi connectivity index (χ0v) is 9.95. The molecular formula is C12H23N3. The number of hydrogen-bond donors (Lipinski definition) is 1. The molecule has 0 spiro atoms. The van der Waals surface area contributed by atoms with Crippen LogP contribution in [0.4, 0.5) is 0 Å². The standard InChI is InChI=1S/C12H23N3/c1-6-13-9-12(10-14(4)7-2)11-15(5)8-3/h6-8,12-13H,1-3,9-11H2,4-5H3. The summed E-state index contributed by atoms with van der Waals surface area (Å²) in [5.74, 6) is 0.522. The molecule has 0 rings (SSSR count). The van der Waals surface area contributed by atoms with Crippen molar-refractivity contribution >= 4 is 0 Å². The highest BCUT2D eigenvalue weighted by Crippen LogP contribution is 2.01. The Balaban J connectivity index is 4.09. The van der Waals surface area contributed by atoms with Crippen LogP contribution in [-0.4, -0.2) is 43.5 Å². The lowest BCUT2D eigenvalue weighted by Gasteiger charge is -2.26. The molecule has 1 N–H and O–H groups in total. The van der Waals surface area contributed by atoms with Crippen LogP contribution in [0, 0.1) is 5.92 Å². The number of nitrogens with one attached hydrogen (secondary N) is 1. The third-order valence-corrected chi connectivity index (χ3v) is 2.27. The van der Waals surface area contributed by atoms with Gasteiger partial charge in [0.05, 0.1) is 0 Å². The van der Waals surface area contributed by atoms with Crippen LogP contribution in [0.2, 0.25) is 0 Å². The van der Waals surface area contributed by atoms with Crippen LogP contribution in [-0.2, 0) is 0 Å². The van der Waals surface area contributed by atoms with Crippen LogP contribution in [0.5, 0.6) is 0 Å². The molecular weight excluding hydrogens is 186 g/mol. The summed E-state index contributed by atoms with van der Waals surface area (Å²) in [6.07, 6.45) is 5.42. The second kappa shape index (κ2) is 7.97. The fraction of sp³-hybridized carbons (Fsp3) is 0.500. The van der Waals surface area contributed by atoms with Gasteiger partial charge in [0.25, 0.3) is 0 Å². The summed E-state index contributed by atoms with van der Waals surface area (Å²) in [6, 6.07) is 0. The first-order chi connectivity index (χ1) is 7.13. The lowest BCUT2D eigenvalue weighted by Crippen LogP contribution is -2.35. The van der Waals surface area contributed by atoms with E-state index in [-0.39, 0.29) is 0 Å². The van der Waals surface area contributed by atoms with Gasteiger partial charge >= 0.3 is 0 Å². The lowest BCUT2D eigenvalue weighted by atomic mass is 10.1. The maximum atomic E-state index is 3.74. The molecule has 0 aromatic heterocycles. The van der Waals surface area contributed by atoms with Gasteiger partial charge in [-0.25, -0.2) is 0 Å². The summed E-state index contributed by atoms with van der Waals surface area (Å²) < 4.78 is 0. The third-order valence-electron chi connectivity index (χ3n) is 2.27. The largest absolute Gasteiger partial charge is 0.391 e. The Labute approximate surface area is 93.8 Å². The molecule has 0 heterocycles. The highest BCUT2D eigenvalue weighted by molar-refractivity contribution is 4.79. The minimum absolute atomic E-state index is 0.522. The summed E-state index contributed by atoms with van der Waals surface area (Å²) in [4.78, 5) is 4.18. The van der Waals surface area contributed by atoms with Crippen molar-refractivity contribution in [1.82, 2.24) is 15.1 Å². The van der Waals surface area contributed by atoms with Crippen molar-refractivity contribution in [2.45, 2.75) is 0 Å². The molecule has 3 heteroatoms. The lowest BCUT2D eigenvalue weighted by molar-refractivity contribution is 0.287. The minimum Gasteiger partial charge on any atom is -0.391 e. The van der Waals surface area contributed by atoms with Crippen LogP contribution < -0.4 is 5.32 Å². The van der Waals surface area contributed by atoms with Crippen molar-refractivity contribution in [3.8, 4) is 0 Å². The second-order valence-corrected chi connectivity index (χ2v) is 3.72. The molecule has 0 atom stereocenters. The predicted octanol–water partition coefficient (Wildman–Crippen LogP) is 1.49. The van der Waals surface area contributed by atoms with E-state index in [1.165, 1.54) is 0 Å². The summed E-state index contributed by atoms with van der Waals surface area (Å²) in [7, 11) is 4.06. The van der Waals surface area contributed by atoms with Gasteiger partial charge in [0.2, 0.25) is 0 Å². The topological polar surface area (TPSA) is 18.5 Å². The Morgan fingerprint density at radius 1 is 1.07 bits per heavy atom. The van der Waals surface area contributed by atoms with Gasteiger partial charge in [-0.2, -0.15) is 0 Å². The number of nitrogens with zero attached hydrogens (tertiary/aromatic N) is 2. The monoisotopic (exact) mass is 209 g/mol. The number of hydrogen-bond acceptors (Lipinski definition) is 3. The molecule has 0 saturated carbocycles. The maximum absolute atomic E-state index is 3.74. The van der Waals surface area contributed by atoms with Gasteiger partial charge in [-0.3, -0.25) is 0 Å². The fourth-order valence-corrected chi connectivity index (χ4v) is 1.40. The van der Waals surface area contributed by atoms with Crippen molar-refractivity contribution in [3.05, 3.63) is 38.3 Å². The van der Waals surface area contributed by atoms with Crippen molar-refractivity contribution in [2.75, 3.05) is 33.7 Å². The summed E-state index contributed by atoms with van der Waals surface area (Å²) in [5, 5.41) is 3.15. The van der Waals surface area contributed by atoms with Gasteiger partial charge in [0.1, 0.15) is 0 Å². The molecule has 0 aromatic rings. The predicted molar refractivity (Wildman–Crippen MR) is 67.3 cm³/mol. The average Bonchev–Trinajstić information content (AvgIpc) is 2.25. The van der Waals surface area contributed by atoms with Crippen LogP contribution in [0.25, 0.3) is 0 Å². The first-order valence-corrected chi connectivity index (χ1v) is 5.13. The molecule has 0 aliphatic rings. The molecule has 0 fully saturated rings. The third kappa shape index (κ3) is 6.66. The first kappa shape index (κ1) is 13.6. The van der Waals surface area contributed by atoms with E-state index in [2.05, 4.69) is 34.9 Å². The number of rotatable bonds is 9. The zero-order chi connectivity index (χ0) is 11.7. The smallest absolute Gasteiger partial charge is 0.0231 e. The van der Waals surface area contributed by atoms with Crippen molar-refractivity contribution in [3.63, 3.8) is 0 Å². The molecule has 0 radical (unpaired) electrons. The molecule has 86 valence electrons. The molecule has 3 nitrogen and oxygen atoms in total. The summed E-state index contributed by atoms with van der Waals surface area (Å²) in [5.41, 5.74) is 0. The summed E-state index contributed by atoms with van der Waals surface area (Å²) >= 11 is 0. The van der Waals surface area contributed by atoms with Gasteiger partial charge in [-0.1, -0.05) is 19.7 Å². The van der Waals surface area contributed by atoms with Gasteiger partial charge in [-0.15, -0.1) is 0 Å². The highest BCUT2D eigenvalue weighted by atomic mass is 15.1. The Morgan fingerprint density at radius 3 is 1.87 bits per heavy atom. The van der Waals surface area contributed by atoms with Crippen LogP contribution >= 0.6 is 0 Å². The van der Waals surface area contributed by atoms with Gasteiger partial charge in [0, 0.05) is 39.6 Å². The quantitative estimate of drug-likeness (QED) is 0.620. The van der Waals surface area contributed by atoms with E-state index >= 15 is 0 Å². The van der Waals surface area contributed by atoms with Crippen LogP contribution in [0.3, 0.4) is 0 Å². The average molecular weight is 209 g/mol. The first-order valence-electron chi connectivity index (χ1n) is 5.13. The molecule has 15 heavy (non-hydrogen) atoms. The Morgan fingerprint density at radius 2 is 1.53 bits per heavy atom. The van der Waals surface area contributed by atoms with E-state index in [1.54, 1.807) is 6.20 Å². The Bertz CT molecular complexity index is 185. The molecule has 0 aliphatic carbocycles. The maximum Gasteiger partial charge on any atom is 0.0231 e. The van der Waals surface area contributed by atoms with Crippen LogP contribution in [0.1, 0.15) is 0 Å². The normalized spacial score (nSPS) is 9.53. The highest BCUT2D eigenvalue weighted by Gasteiger charge is 2.10. The van der Waals surface area contributed by atoms with Crippen molar-refractivity contribution < 1.29 is 0 Å². The van der Waals surface area contributed by atoms with E-state index in [1.807, 2.05) is 26.5 Å². The fourth-order valence-electron chi connectivity index (χ4n) is 1.40. The van der Waals surface area contributed by atoms with E-state index in [0.29, 0.717) is 5.92 Å². The van der Waals surface area contributed by atoms with E-state index in [0.717, 1.165) is 19.6 Å². The van der Waals surface area contributed by atoms with Crippen molar-refractivity contribution in [1.29, 1.82) is 0 Å². The molecule has 0 saturated heterocycles. The SMILES string of the molecule is C=CNCC(CN(C)C=C)CN(C)C=C.